The van der Waals surface area contributed by atoms with Crippen molar-refractivity contribution in [3.05, 3.63) is 18.0 Å². The van der Waals surface area contributed by atoms with Crippen LogP contribution in [0.2, 0.25) is 0 Å². The van der Waals surface area contributed by atoms with Gasteiger partial charge in [0.05, 0.1) is 6.20 Å². The van der Waals surface area contributed by atoms with Gasteiger partial charge in [0.25, 0.3) is 0 Å². The van der Waals surface area contributed by atoms with Crippen LogP contribution in [0.3, 0.4) is 0 Å². The van der Waals surface area contributed by atoms with Crippen LogP contribution in [-0.4, -0.2) is 22.8 Å². The molecule has 0 aromatic carbocycles. The molecule has 2 N–H and O–H groups in total. The van der Waals surface area contributed by atoms with Crippen molar-refractivity contribution in [2.45, 2.75) is 31.2 Å². The third-order valence-electron chi connectivity index (χ3n) is 3.57. The van der Waals surface area contributed by atoms with E-state index in [0.717, 1.165) is 12.0 Å². The van der Waals surface area contributed by atoms with Gasteiger partial charge in [0.15, 0.2) is 0 Å². The van der Waals surface area contributed by atoms with Crippen LogP contribution in [0, 0.1) is 5.92 Å². The van der Waals surface area contributed by atoms with Crippen molar-refractivity contribution in [1.29, 1.82) is 0 Å². The van der Waals surface area contributed by atoms with Crippen molar-refractivity contribution in [2.75, 3.05) is 6.54 Å². The highest BCUT2D eigenvalue weighted by Crippen LogP contribution is 2.41. The van der Waals surface area contributed by atoms with E-state index in [2.05, 4.69) is 15.5 Å². The van der Waals surface area contributed by atoms with Crippen molar-refractivity contribution in [2.24, 2.45) is 5.92 Å². The number of nitrogens with zero attached hydrogens (tertiary/aromatic N) is 1. The maximum atomic E-state index is 4.03. The Morgan fingerprint density at radius 2 is 2.38 bits per heavy atom. The largest absolute Gasteiger partial charge is 0.313 e. The van der Waals surface area contributed by atoms with Gasteiger partial charge in [0, 0.05) is 18.2 Å². The summed E-state index contributed by atoms with van der Waals surface area (Å²) in [4.78, 5) is 0. The fourth-order valence-electron chi connectivity index (χ4n) is 2.91. The Bertz CT molecular complexity index is 280. The molecule has 3 rings (SSSR count). The van der Waals surface area contributed by atoms with Gasteiger partial charge in [-0.2, -0.15) is 5.10 Å². The highest BCUT2D eigenvalue weighted by Gasteiger charge is 2.37. The molecule has 70 valence electrons. The first-order chi connectivity index (χ1) is 6.43. The lowest BCUT2D eigenvalue weighted by molar-refractivity contribution is 0.386. The van der Waals surface area contributed by atoms with E-state index >= 15 is 0 Å². The minimum Gasteiger partial charge on any atom is -0.313 e. The van der Waals surface area contributed by atoms with Crippen molar-refractivity contribution >= 4 is 0 Å². The second kappa shape index (κ2) is 2.84. The first-order valence-corrected chi connectivity index (χ1v) is 5.15. The molecule has 3 heteroatoms. The average Bonchev–Trinajstić information content (AvgIpc) is 2.74. The third-order valence-corrected chi connectivity index (χ3v) is 3.57. The predicted molar refractivity (Wildman–Crippen MR) is 50.5 cm³/mol. The zero-order chi connectivity index (χ0) is 8.67. The standard InChI is InChI=1S/C10H15N3/c1-2-11-10-4-7(1)3-9(10)8-5-12-13-6-8/h5-7,9-11H,1-4H2,(H,12,13). The summed E-state index contributed by atoms with van der Waals surface area (Å²) in [5.41, 5.74) is 1.39. The lowest BCUT2D eigenvalue weighted by Crippen LogP contribution is -2.34. The summed E-state index contributed by atoms with van der Waals surface area (Å²) in [6.07, 6.45) is 8.12. The molecular formula is C10H15N3. The van der Waals surface area contributed by atoms with Crippen LogP contribution in [-0.2, 0) is 0 Å². The first kappa shape index (κ1) is 7.56. The SMILES string of the molecule is c1n[nH]cc1C1CC2CCNC1C2. The molecule has 3 atom stereocenters. The number of hydrogen-bond donors (Lipinski definition) is 2. The highest BCUT2D eigenvalue weighted by atomic mass is 15.1. The molecule has 1 saturated carbocycles. The minimum absolute atomic E-state index is 0.714. The lowest BCUT2D eigenvalue weighted by atomic mass is 9.97. The fourth-order valence-corrected chi connectivity index (χ4v) is 2.91. The Labute approximate surface area is 77.9 Å². The Morgan fingerprint density at radius 1 is 1.38 bits per heavy atom. The molecule has 1 aromatic rings. The quantitative estimate of drug-likeness (QED) is 0.678. The van der Waals surface area contributed by atoms with Crippen molar-refractivity contribution in [1.82, 2.24) is 15.5 Å². The van der Waals surface area contributed by atoms with Gasteiger partial charge in [-0.15, -0.1) is 0 Å². The maximum absolute atomic E-state index is 4.03. The van der Waals surface area contributed by atoms with Gasteiger partial charge in [-0.25, -0.2) is 0 Å². The van der Waals surface area contributed by atoms with Crippen LogP contribution < -0.4 is 5.32 Å². The van der Waals surface area contributed by atoms with E-state index in [0.29, 0.717) is 5.92 Å². The van der Waals surface area contributed by atoms with Crippen LogP contribution in [0.25, 0.3) is 0 Å². The Balaban J connectivity index is 1.86. The molecule has 2 fully saturated rings. The lowest BCUT2D eigenvalue weighted by Gasteiger charge is -2.22. The monoisotopic (exact) mass is 177 g/mol. The van der Waals surface area contributed by atoms with E-state index in [4.69, 9.17) is 0 Å². The van der Waals surface area contributed by atoms with Gasteiger partial charge in [0.1, 0.15) is 0 Å². The van der Waals surface area contributed by atoms with Gasteiger partial charge < -0.3 is 5.32 Å². The summed E-state index contributed by atoms with van der Waals surface area (Å²) in [6, 6.07) is 0.719. The fraction of sp³-hybridized carbons (Fsp3) is 0.700. The topological polar surface area (TPSA) is 40.7 Å². The maximum Gasteiger partial charge on any atom is 0.0522 e. The summed E-state index contributed by atoms with van der Waals surface area (Å²) in [5.74, 6) is 1.68. The summed E-state index contributed by atoms with van der Waals surface area (Å²) in [6.45, 7) is 1.21. The van der Waals surface area contributed by atoms with E-state index in [1.165, 1.54) is 31.4 Å². The number of rotatable bonds is 1. The van der Waals surface area contributed by atoms with E-state index < -0.39 is 0 Å². The van der Waals surface area contributed by atoms with Crippen LogP contribution in [0.1, 0.15) is 30.7 Å². The molecule has 1 saturated heterocycles. The van der Waals surface area contributed by atoms with Gasteiger partial charge in [-0.3, -0.25) is 5.10 Å². The number of H-pyrrole nitrogens is 1. The molecule has 1 aliphatic heterocycles. The van der Waals surface area contributed by atoms with Crippen LogP contribution in [0.15, 0.2) is 12.4 Å². The first-order valence-electron chi connectivity index (χ1n) is 5.15. The Kier molecular flexibility index (Phi) is 1.65. The molecule has 0 radical (unpaired) electrons. The van der Waals surface area contributed by atoms with Gasteiger partial charge in [-0.05, 0) is 37.3 Å². The van der Waals surface area contributed by atoms with E-state index in [1.54, 1.807) is 0 Å². The van der Waals surface area contributed by atoms with E-state index in [-0.39, 0.29) is 0 Å². The zero-order valence-corrected chi connectivity index (χ0v) is 7.66. The average molecular weight is 177 g/mol. The number of aromatic amines is 1. The zero-order valence-electron chi connectivity index (χ0n) is 7.66. The molecule has 2 bridgehead atoms. The van der Waals surface area contributed by atoms with Crippen molar-refractivity contribution < 1.29 is 0 Å². The number of piperidine rings is 1. The molecule has 13 heavy (non-hydrogen) atoms. The van der Waals surface area contributed by atoms with E-state index in [1.807, 2.05) is 12.4 Å². The molecule has 0 spiro atoms. The Hall–Kier alpha value is -0.830. The second-order valence-electron chi connectivity index (χ2n) is 4.32. The predicted octanol–water partition coefficient (Wildman–Crippen LogP) is 1.27. The van der Waals surface area contributed by atoms with Crippen LogP contribution >= 0.6 is 0 Å². The van der Waals surface area contributed by atoms with Gasteiger partial charge in [-0.1, -0.05) is 0 Å². The summed E-state index contributed by atoms with van der Waals surface area (Å²) < 4.78 is 0. The molecule has 3 unspecified atom stereocenters. The highest BCUT2D eigenvalue weighted by molar-refractivity contribution is 5.17. The molecule has 1 aromatic heterocycles. The molecule has 2 heterocycles. The number of aromatic nitrogens is 2. The van der Waals surface area contributed by atoms with E-state index in [9.17, 15) is 0 Å². The smallest absolute Gasteiger partial charge is 0.0522 e. The van der Waals surface area contributed by atoms with Crippen LogP contribution in [0.4, 0.5) is 0 Å². The van der Waals surface area contributed by atoms with Crippen molar-refractivity contribution in [3.63, 3.8) is 0 Å². The normalized spacial score (nSPS) is 38.0. The number of nitrogens with one attached hydrogen (secondary N) is 2. The number of hydrogen-bond acceptors (Lipinski definition) is 2. The Morgan fingerprint density at radius 3 is 3.15 bits per heavy atom. The van der Waals surface area contributed by atoms with Gasteiger partial charge in [0.2, 0.25) is 0 Å². The molecule has 3 nitrogen and oxygen atoms in total. The summed E-state index contributed by atoms with van der Waals surface area (Å²) in [5, 5.41) is 10.5. The van der Waals surface area contributed by atoms with Crippen molar-refractivity contribution in [3.8, 4) is 0 Å². The molecule has 0 amide bonds. The summed E-state index contributed by atoms with van der Waals surface area (Å²) >= 11 is 0. The number of fused-ring (bicyclic) bond motifs is 2. The summed E-state index contributed by atoms with van der Waals surface area (Å²) in [7, 11) is 0. The molecule has 2 aliphatic rings. The minimum atomic E-state index is 0.714. The van der Waals surface area contributed by atoms with Crippen LogP contribution in [0.5, 0.6) is 0 Å². The molecule has 1 aliphatic carbocycles. The molecular weight excluding hydrogens is 162 g/mol. The third kappa shape index (κ3) is 1.18. The second-order valence-corrected chi connectivity index (χ2v) is 4.32. The van der Waals surface area contributed by atoms with Gasteiger partial charge >= 0.3 is 0 Å².